The minimum atomic E-state index is -2.29. The van der Waals surface area contributed by atoms with Gasteiger partial charge >= 0.3 is 19.3 Å². The van der Waals surface area contributed by atoms with E-state index in [4.69, 9.17) is 20.3 Å². The van der Waals surface area contributed by atoms with Gasteiger partial charge in [-0.15, -0.1) is 0 Å². The van der Waals surface area contributed by atoms with E-state index in [1.807, 2.05) is 0 Å². The van der Waals surface area contributed by atoms with Crippen molar-refractivity contribution in [3.8, 4) is 0 Å². The number of hydrogen-bond donors (Lipinski definition) is 4. The van der Waals surface area contributed by atoms with Crippen LogP contribution in [0.2, 0.25) is 0 Å². The Morgan fingerprint density at radius 3 is 2.08 bits per heavy atom. The standard InChI is InChI=1S/C4H7BO7/c6-3(7)1-2(4(8)9)12-5(10)11/h2,10-11H,1H2,(H,6,7)(H,8,9). The number of carboxylic acids is 2. The summed E-state index contributed by atoms with van der Waals surface area (Å²) >= 11 is 0. The molecule has 0 radical (unpaired) electrons. The Kier molecular flexibility index (Phi) is 4.26. The Bertz CT molecular complexity index is 178. The maximum absolute atomic E-state index is 10.2. The molecule has 0 rings (SSSR count). The van der Waals surface area contributed by atoms with E-state index in [0.29, 0.717) is 0 Å². The summed E-state index contributed by atoms with van der Waals surface area (Å²) in [6, 6.07) is 0. The molecule has 0 spiro atoms. The van der Waals surface area contributed by atoms with Gasteiger partial charge < -0.3 is 24.9 Å². The van der Waals surface area contributed by atoms with Gasteiger partial charge in [-0.3, -0.25) is 4.79 Å². The van der Waals surface area contributed by atoms with Gasteiger partial charge in [0.1, 0.15) is 0 Å². The van der Waals surface area contributed by atoms with Crippen LogP contribution in [0.25, 0.3) is 0 Å². The minimum absolute atomic E-state index is 0.826. The highest BCUT2D eigenvalue weighted by molar-refractivity contribution is 6.33. The highest BCUT2D eigenvalue weighted by Gasteiger charge is 2.26. The second-order valence-electron chi connectivity index (χ2n) is 1.89. The fourth-order valence-electron chi connectivity index (χ4n) is 0.499. The molecular formula is C4H7BO7. The van der Waals surface area contributed by atoms with E-state index in [2.05, 4.69) is 4.65 Å². The van der Waals surface area contributed by atoms with Crippen molar-refractivity contribution in [1.82, 2.24) is 0 Å². The van der Waals surface area contributed by atoms with Crippen molar-refractivity contribution in [3.63, 3.8) is 0 Å². The summed E-state index contributed by atoms with van der Waals surface area (Å²) in [6.07, 6.45) is -2.57. The van der Waals surface area contributed by atoms with Gasteiger partial charge in [-0.1, -0.05) is 0 Å². The second kappa shape index (κ2) is 4.70. The van der Waals surface area contributed by atoms with Crippen LogP contribution >= 0.6 is 0 Å². The van der Waals surface area contributed by atoms with E-state index in [1.54, 1.807) is 0 Å². The maximum atomic E-state index is 10.2. The molecule has 0 aliphatic carbocycles. The van der Waals surface area contributed by atoms with Crippen molar-refractivity contribution in [2.75, 3.05) is 0 Å². The molecule has 0 bridgehead atoms. The topological polar surface area (TPSA) is 124 Å². The zero-order valence-electron chi connectivity index (χ0n) is 5.88. The molecule has 0 heterocycles. The Morgan fingerprint density at radius 1 is 1.33 bits per heavy atom. The molecule has 7 nitrogen and oxygen atoms in total. The summed E-state index contributed by atoms with van der Waals surface area (Å²) in [6.45, 7) is 0. The number of aliphatic carboxylic acids is 2. The predicted molar refractivity (Wildman–Crippen MR) is 35.0 cm³/mol. The first kappa shape index (κ1) is 10.9. The van der Waals surface area contributed by atoms with Gasteiger partial charge in [0.15, 0.2) is 6.10 Å². The predicted octanol–water partition coefficient (Wildman–Crippen LogP) is -2.10. The van der Waals surface area contributed by atoms with Crippen molar-refractivity contribution in [2.24, 2.45) is 0 Å². The van der Waals surface area contributed by atoms with E-state index >= 15 is 0 Å². The molecule has 0 aliphatic heterocycles. The van der Waals surface area contributed by atoms with E-state index < -0.39 is 31.8 Å². The smallest absolute Gasteiger partial charge is 0.481 e. The van der Waals surface area contributed by atoms with Crippen LogP contribution in [0.1, 0.15) is 6.42 Å². The van der Waals surface area contributed by atoms with Crippen molar-refractivity contribution in [1.29, 1.82) is 0 Å². The van der Waals surface area contributed by atoms with Crippen LogP contribution in [-0.4, -0.2) is 45.6 Å². The average Bonchev–Trinajstić information content (AvgIpc) is 1.83. The lowest BCUT2D eigenvalue weighted by Crippen LogP contribution is -2.33. The van der Waals surface area contributed by atoms with Gasteiger partial charge in [0.2, 0.25) is 0 Å². The number of hydrogen-bond acceptors (Lipinski definition) is 5. The minimum Gasteiger partial charge on any atom is -0.481 e. The molecule has 1 atom stereocenters. The number of rotatable bonds is 5. The normalized spacial score (nSPS) is 12.2. The lowest BCUT2D eigenvalue weighted by atomic mass is 10.2. The third-order valence-corrected chi connectivity index (χ3v) is 0.921. The Hall–Kier alpha value is -1.12. The van der Waals surface area contributed by atoms with Crippen molar-refractivity contribution in [3.05, 3.63) is 0 Å². The molecule has 0 aromatic carbocycles. The maximum Gasteiger partial charge on any atom is 0.634 e. The van der Waals surface area contributed by atoms with Crippen molar-refractivity contribution < 1.29 is 34.5 Å². The number of carboxylic acid groups (broad SMARTS) is 2. The van der Waals surface area contributed by atoms with Crippen molar-refractivity contribution >= 4 is 19.3 Å². The van der Waals surface area contributed by atoms with Crippen LogP contribution in [-0.2, 0) is 14.2 Å². The second-order valence-corrected chi connectivity index (χ2v) is 1.89. The Morgan fingerprint density at radius 2 is 1.83 bits per heavy atom. The summed E-state index contributed by atoms with van der Waals surface area (Å²) in [7, 11) is -2.29. The van der Waals surface area contributed by atoms with Crippen LogP contribution in [0, 0.1) is 0 Å². The Labute approximate surface area is 67.4 Å². The van der Waals surface area contributed by atoms with Gasteiger partial charge in [0, 0.05) is 0 Å². The highest BCUT2D eigenvalue weighted by Crippen LogP contribution is 1.99. The largest absolute Gasteiger partial charge is 0.634 e. The zero-order chi connectivity index (χ0) is 9.72. The quantitative estimate of drug-likeness (QED) is 0.355. The summed E-state index contributed by atoms with van der Waals surface area (Å²) in [5.41, 5.74) is 0. The molecule has 68 valence electrons. The first-order chi connectivity index (χ1) is 5.43. The molecule has 0 aromatic rings. The van der Waals surface area contributed by atoms with E-state index in [1.165, 1.54) is 0 Å². The lowest BCUT2D eigenvalue weighted by Gasteiger charge is -2.09. The summed E-state index contributed by atoms with van der Waals surface area (Å²) < 4.78 is 3.95. The molecule has 8 heteroatoms. The molecule has 0 aliphatic rings. The monoisotopic (exact) mass is 178 g/mol. The Balaban J connectivity index is 4.04. The summed E-state index contributed by atoms with van der Waals surface area (Å²) in [4.78, 5) is 20.1. The highest BCUT2D eigenvalue weighted by atomic mass is 16.6. The van der Waals surface area contributed by atoms with Gasteiger partial charge in [-0.2, -0.15) is 0 Å². The van der Waals surface area contributed by atoms with Crippen LogP contribution in [0.3, 0.4) is 0 Å². The van der Waals surface area contributed by atoms with Crippen LogP contribution in [0.15, 0.2) is 0 Å². The first-order valence-corrected chi connectivity index (χ1v) is 2.89. The molecule has 0 saturated heterocycles. The molecule has 0 saturated carbocycles. The molecule has 12 heavy (non-hydrogen) atoms. The zero-order valence-corrected chi connectivity index (χ0v) is 5.88. The van der Waals surface area contributed by atoms with E-state index in [0.717, 1.165) is 0 Å². The van der Waals surface area contributed by atoms with Gasteiger partial charge in [-0.05, 0) is 0 Å². The molecule has 0 aromatic heterocycles. The molecule has 1 unspecified atom stereocenters. The average molecular weight is 178 g/mol. The first-order valence-electron chi connectivity index (χ1n) is 2.89. The van der Waals surface area contributed by atoms with E-state index in [-0.39, 0.29) is 0 Å². The SMILES string of the molecule is O=C(O)CC(OB(O)O)C(=O)O. The van der Waals surface area contributed by atoms with Gasteiger partial charge in [-0.25, -0.2) is 4.79 Å². The van der Waals surface area contributed by atoms with Crippen LogP contribution in [0.5, 0.6) is 0 Å². The summed E-state index contributed by atoms with van der Waals surface area (Å²) in [5.74, 6) is -2.96. The van der Waals surface area contributed by atoms with Gasteiger partial charge in [0.25, 0.3) is 0 Å². The number of carbonyl (C=O) groups is 2. The fourth-order valence-corrected chi connectivity index (χ4v) is 0.499. The van der Waals surface area contributed by atoms with Crippen LogP contribution in [0.4, 0.5) is 0 Å². The molecule has 0 amide bonds. The molecule has 4 N–H and O–H groups in total. The lowest BCUT2D eigenvalue weighted by molar-refractivity contribution is -0.152. The summed E-state index contributed by atoms with van der Waals surface area (Å²) in [5, 5.41) is 32.7. The fraction of sp³-hybridized carbons (Fsp3) is 0.500. The van der Waals surface area contributed by atoms with E-state index in [9.17, 15) is 9.59 Å². The molecule has 0 fully saturated rings. The van der Waals surface area contributed by atoms with Gasteiger partial charge in [0.05, 0.1) is 6.42 Å². The molecular weight excluding hydrogens is 171 g/mol. The third kappa shape index (κ3) is 4.66. The van der Waals surface area contributed by atoms with Crippen LogP contribution < -0.4 is 0 Å². The third-order valence-electron chi connectivity index (χ3n) is 0.921. The van der Waals surface area contributed by atoms with Crippen molar-refractivity contribution in [2.45, 2.75) is 12.5 Å².